The van der Waals surface area contributed by atoms with Crippen molar-refractivity contribution in [3.05, 3.63) is 29.5 Å². The van der Waals surface area contributed by atoms with Gasteiger partial charge in [-0.25, -0.2) is 9.78 Å². The minimum absolute atomic E-state index is 0.318. The zero-order valence-corrected chi connectivity index (χ0v) is 13.7. The monoisotopic (exact) mass is 315 g/mol. The van der Waals surface area contributed by atoms with Crippen molar-refractivity contribution in [3.8, 4) is 0 Å². The van der Waals surface area contributed by atoms with Crippen LogP contribution in [0.2, 0.25) is 0 Å². The molecule has 0 atom stereocenters. The van der Waals surface area contributed by atoms with Crippen LogP contribution in [-0.4, -0.2) is 51.2 Å². The van der Waals surface area contributed by atoms with Gasteiger partial charge in [-0.2, -0.15) is 9.50 Å². The number of esters is 1. The van der Waals surface area contributed by atoms with Gasteiger partial charge in [0.2, 0.25) is 0 Å². The molecule has 0 N–H and O–H groups in total. The number of fused-ring (bicyclic) bond motifs is 1. The Morgan fingerprint density at radius 1 is 1.48 bits per heavy atom. The van der Waals surface area contributed by atoms with Crippen molar-refractivity contribution < 1.29 is 9.53 Å². The second-order valence-electron chi connectivity index (χ2n) is 5.87. The Hall–Kier alpha value is -2.44. The van der Waals surface area contributed by atoms with E-state index < -0.39 is 5.97 Å². The van der Waals surface area contributed by atoms with Crippen LogP contribution in [0.25, 0.3) is 11.9 Å². The van der Waals surface area contributed by atoms with Gasteiger partial charge in [-0.3, -0.25) is 0 Å². The maximum absolute atomic E-state index is 12.2. The van der Waals surface area contributed by atoms with Gasteiger partial charge in [-0.15, -0.1) is 5.10 Å². The second kappa shape index (κ2) is 6.36. The predicted molar refractivity (Wildman–Crippen MR) is 86.1 cm³/mol. The maximum atomic E-state index is 12.2. The summed E-state index contributed by atoms with van der Waals surface area (Å²) in [4.78, 5) is 22.9. The van der Waals surface area contributed by atoms with E-state index in [2.05, 4.69) is 15.1 Å². The molecule has 0 radical (unpaired) electrons. The molecule has 0 amide bonds. The third kappa shape index (κ3) is 3.04. The van der Waals surface area contributed by atoms with E-state index in [0.717, 1.165) is 18.7 Å². The van der Waals surface area contributed by atoms with Crippen LogP contribution in [-0.2, 0) is 4.74 Å². The zero-order valence-electron chi connectivity index (χ0n) is 13.7. The molecule has 7 nitrogen and oxygen atoms in total. The Bertz CT molecular complexity index is 746. The zero-order chi connectivity index (χ0) is 16.4. The van der Waals surface area contributed by atoms with Gasteiger partial charge in [0.05, 0.1) is 12.3 Å². The highest BCUT2D eigenvalue weighted by molar-refractivity contribution is 5.92. The Morgan fingerprint density at radius 3 is 2.87 bits per heavy atom. The molecule has 23 heavy (non-hydrogen) atoms. The molecule has 2 heterocycles. The van der Waals surface area contributed by atoms with Crippen LogP contribution in [0.5, 0.6) is 0 Å². The van der Waals surface area contributed by atoms with Crippen LogP contribution in [0.3, 0.4) is 0 Å². The van der Waals surface area contributed by atoms with Crippen molar-refractivity contribution in [2.24, 2.45) is 0 Å². The van der Waals surface area contributed by atoms with Crippen molar-refractivity contribution in [1.82, 2.24) is 24.5 Å². The minimum atomic E-state index is -0.402. The standard InChI is InChI=1S/C16H21N5O2/c1-4-23-15(22)12-10-17-16-18-14(11-6-5-7-11)19-21(16)13(12)8-9-20(2)3/h8-11H,4-7H2,1-3H3/b9-8+. The quantitative estimate of drug-likeness (QED) is 0.787. The summed E-state index contributed by atoms with van der Waals surface area (Å²) in [6, 6.07) is 0. The van der Waals surface area contributed by atoms with Crippen LogP contribution in [0, 0.1) is 0 Å². The summed E-state index contributed by atoms with van der Waals surface area (Å²) in [5.74, 6) is 1.33. The summed E-state index contributed by atoms with van der Waals surface area (Å²) in [5.41, 5.74) is 1.03. The van der Waals surface area contributed by atoms with E-state index in [4.69, 9.17) is 4.74 Å². The van der Waals surface area contributed by atoms with E-state index in [1.807, 2.05) is 31.3 Å². The van der Waals surface area contributed by atoms with E-state index in [1.165, 1.54) is 12.6 Å². The Kier molecular flexibility index (Phi) is 4.27. The number of hydrogen-bond acceptors (Lipinski definition) is 6. The molecule has 0 bridgehead atoms. The highest BCUT2D eigenvalue weighted by Gasteiger charge is 2.25. The van der Waals surface area contributed by atoms with Gasteiger partial charge in [0.15, 0.2) is 5.82 Å². The first-order chi connectivity index (χ1) is 11.1. The number of carbonyl (C=O) groups is 1. The molecule has 7 heteroatoms. The van der Waals surface area contributed by atoms with Gasteiger partial charge in [0.25, 0.3) is 5.78 Å². The molecular formula is C16H21N5O2. The molecule has 3 rings (SSSR count). The Morgan fingerprint density at radius 2 is 2.26 bits per heavy atom. The minimum Gasteiger partial charge on any atom is -0.462 e. The Labute approximate surface area is 135 Å². The van der Waals surface area contributed by atoms with Crippen molar-refractivity contribution in [3.63, 3.8) is 0 Å². The van der Waals surface area contributed by atoms with Crippen molar-refractivity contribution in [2.75, 3.05) is 20.7 Å². The first-order valence-electron chi connectivity index (χ1n) is 7.87. The van der Waals surface area contributed by atoms with Gasteiger partial charge in [0, 0.05) is 32.4 Å². The number of carbonyl (C=O) groups excluding carboxylic acids is 1. The molecule has 0 saturated heterocycles. The summed E-state index contributed by atoms with van der Waals surface area (Å²) in [5, 5.41) is 4.58. The largest absolute Gasteiger partial charge is 0.462 e. The highest BCUT2D eigenvalue weighted by atomic mass is 16.5. The smallest absolute Gasteiger partial charge is 0.341 e. The van der Waals surface area contributed by atoms with Crippen LogP contribution >= 0.6 is 0 Å². The van der Waals surface area contributed by atoms with E-state index in [0.29, 0.717) is 29.6 Å². The fraction of sp³-hybridized carbons (Fsp3) is 0.500. The fourth-order valence-electron chi connectivity index (χ4n) is 2.45. The average molecular weight is 315 g/mol. The molecule has 1 aliphatic rings. The maximum Gasteiger partial charge on any atom is 0.341 e. The lowest BCUT2D eigenvalue weighted by Crippen LogP contribution is -2.13. The van der Waals surface area contributed by atoms with E-state index in [1.54, 1.807) is 11.4 Å². The first kappa shape index (κ1) is 15.5. The van der Waals surface area contributed by atoms with E-state index in [-0.39, 0.29) is 0 Å². The Balaban J connectivity index is 2.10. The van der Waals surface area contributed by atoms with Crippen LogP contribution in [0.4, 0.5) is 0 Å². The molecule has 0 aromatic carbocycles. The predicted octanol–water partition coefficient (Wildman–Crippen LogP) is 2.10. The lowest BCUT2D eigenvalue weighted by molar-refractivity contribution is 0.0525. The molecule has 1 fully saturated rings. The lowest BCUT2D eigenvalue weighted by Gasteiger charge is -2.21. The van der Waals surface area contributed by atoms with Crippen LogP contribution in [0.1, 0.15) is 54.0 Å². The topological polar surface area (TPSA) is 72.6 Å². The van der Waals surface area contributed by atoms with Crippen molar-refractivity contribution in [1.29, 1.82) is 0 Å². The van der Waals surface area contributed by atoms with Crippen molar-refractivity contribution >= 4 is 17.8 Å². The molecule has 2 aromatic heterocycles. The molecule has 0 aliphatic heterocycles. The molecule has 0 unspecified atom stereocenters. The van der Waals surface area contributed by atoms with Crippen LogP contribution < -0.4 is 0 Å². The third-order valence-electron chi connectivity index (χ3n) is 3.92. The average Bonchev–Trinajstić information content (AvgIpc) is 2.86. The number of aromatic nitrogens is 4. The summed E-state index contributed by atoms with van der Waals surface area (Å²) in [6.45, 7) is 2.10. The third-order valence-corrected chi connectivity index (χ3v) is 3.92. The fourth-order valence-corrected chi connectivity index (χ4v) is 2.45. The van der Waals surface area contributed by atoms with Crippen LogP contribution in [0.15, 0.2) is 12.4 Å². The van der Waals surface area contributed by atoms with Gasteiger partial charge in [-0.05, 0) is 25.8 Å². The van der Waals surface area contributed by atoms with E-state index in [9.17, 15) is 4.79 Å². The summed E-state index contributed by atoms with van der Waals surface area (Å²) in [7, 11) is 3.83. The van der Waals surface area contributed by atoms with Gasteiger partial charge in [-0.1, -0.05) is 6.42 Å². The number of nitrogens with zero attached hydrogens (tertiary/aromatic N) is 5. The number of ether oxygens (including phenoxy) is 1. The van der Waals surface area contributed by atoms with Crippen molar-refractivity contribution in [2.45, 2.75) is 32.1 Å². The number of hydrogen-bond donors (Lipinski definition) is 0. The summed E-state index contributed by atoms with van der Waals surface area (Å²) in [6.07, 6.45) is 8.66. The van der Waals surface area contributed by atoms with Gasteiger partial charge < -0.3 is 9.64 Å². The summed E-state index contributed by atoms with van der Waals surface area (Å²) < 4.78 is 6.76. The molecule has 122 valence electrons. The molecule has 1 saturated carbocycles. The summed E-state index contributed by atoms with van der Waals surface area (Å²) >= 11 is 0. The molecule has 2 aromatic rings. The molecule has 0 spiro atoms. The molecular weight excluding hydrogens is 294 g/mol. The SMILES string of the molecule is CCOC(=O)c1cnc2nc(C3CCC3)nn2c1/C=C/N(C)C. The van der Waals surface area contributed by atoms with E-state index >= 15 is 0 Å². The van der Waals surface area contributed by atoms with Gasteiger partial charge >= 0.3 is 5.97 Å². The normalized spacial score (nSPS) is 15.1. The second-order valence-corrected chi connectivity index (χ2v) is 5.87. The number of rotatable bonds is 5. The lowest BCUT2D eigenvalue weighted by atomic mass is 9.85. The van der Waals surface area contributed by atoms with Gasteiger partial charge in [0.1, 0.15) is 5.56 Å². The highest BCUT2D eigenvalue weighted by Crippen LogP contribution is 2.34. The first-order valence-corrected chi connectivity index (χ1v) is 7.87. The molecule has 1 aliphatic carbocycles.